The molecule has 1 aliphatic rings. The van der Waals surface area contributed by atoms with Gasteiger partial charge in [-0.05, 0) is 46.6 Å². The molecule has 0 bridgehead atoms. The van der Waals surface area contributed by atoms with Gasteiger partial charge in [-0.3, -0.25) is 4.90 Å². The molecule has 1 heterocycles. The van der Waals surface area contributed by atoms with Crippen LogP contribution in [-0.4, -0.2) is 59.8 Å². The van der Waals surface area contributed by atoms with Crippen LogP contribution >= 0.6 is 0 Å². The lowest BCUT2D eigenvalue weighted by atomic mass is 10.1. The van der Waals surface area contributed by atoms with Crippen molar-refractivity contribution in [2.75, 3.05) is 32.8 Å². The summed E-state index contributed by atoms with van der Waals surface area (Å²) in [5, 5.41) is 9.10. The maximum Gasteiger partial charge on any atom is 0.0471 e. The highest BCUT2D eigenvalue weighted by Gasteiger charge is 2.22. The molecule has 3 heteroatoms. The van der Waals surface area contributed by atoms with Crippen molar-refractivity contribution in [2.45, 2.75) is 46.2 Å². The number of rotatable bonds is 6. The molecule has 16 heavy (non-hydrogen) atoms. The summed E-state index contributed by atoms with van der Waals surface area (Å²) >= 11 is 0. The van der Waals surface area contributed by atoms with E-state index >= 15 is 0 Å². The fraction of sp³-hybridized carbons (Fsp3) is 1.00. The van der Waals surface area contributed by atoms with Crippen molar-refractivity contribution in [2.24, 2.45) is 5.92 Å². The molecule has 0 aromatic carbocycles. The highest BCUT2D eigenvalue weighted by Crippen LogP contribution is 2.15. The van der Waals surface area contributed by atoms with E-state index in [1.165, 1.54) is 6.42 Å². The molecule has 0 saturated carbocycles. The predicted molar refractivity (Wildman–Crippen MR) is 68.6 cm³/mol. The maximum absolute atomic E-state index is 9.10. The summed E-state index contributed by atoms with van der Waals surface area (Å²) < 4.78 is 0. The molecule has 3 nitrogen and oxygen atoms in total. The monoisotopic (exact) mass is 228 g/mol. The smallest absolute Gasteiger partial charge is 0.0471 e. The van der Waals surface area contributed by atoms with Crippen molar-refractivity contribution in [3.8, 4) is 0 Å². The van der Waals surface area contributed by atoms with Crippen molar-refractivity contribution in [1.82, 2.24) is 9.80 Å². The Labute approximate surface area is 100 Å². The van der Waals surface area contributed by atoms with Crippen LogP contribution < -0.4 is 0 Å². The molecular weight excluding hydrogens is 200 g/mol. The van der Waals surface area contributed by atoms with Gasteiger partial charge in [-0.25, -0.2) is 0 Å². The van der Waals surface area contributed by atoms with Gasteiger partial charge in [0.15, 0.2) is 0 Å². The van der Waals surface area contributed by atoms with Crippen molar-refractivity contribution in [3.63, 3.8) is 0 Å². The molecule has 0 aromatic rings. The van der Waals surface area contributed by atoms with Gasteiger partial charge < -0.3 is 10.0 Å². The van der Waals surface area contributed by atoms with E-state index < -0.39 is 0 Å². The van der Waals surface area contributed by atoms with Gasteiger partial charge >= 0.3 is 0 Å². The van der Waals surface area contributed by atoms with E-state index in [1.807, 2.05) is 0 Å². The Morgan fingerprint density at radius 3 is 2.31 bits per heavy atom. The lowest BCUT2D eigenvalue weighted by Crippen LogP contribution is -2.42. The Hall–Kier alpha value is -0.120. The zero-order valence-electron chi connectivity index (χ0n) is 11.3. The Kier molecular flexibility index (Phi) is 5.73. The molecule has 0 amide bonds. The number of aliphatic hydroxyl groups excluding tert-OH is 1. The Morgan fingerprint density at radius 2 is 1.88 bits per heavy atom. The highest BCUT2D eigenvalue weighted by molar-refractivity contribution is 4.77. The van der Waals surface area contributed by atoms with Gasteiger partial charge in [-0.2, -0.15) is 0 Å². The largest absolute Gasteiger partial charge is 0.396 e. The van der Waals surface area contributed by atoms with E-state index in [1.54, 1.807) is 0 Å². The van der Waals surface area contributed by atoms with E-state index in [9.17, 15) is 0 Å². The summed E-state index contributed by atoms with van der Waals surface area (Å²) in [5.74, 6) is 0.520. The molecule has 0 spiro atoms. The first-order valence-electron chi connectivity index (χ1n) is 6.63. The Balaban J connectivity index is 2.28. The molecule has 0 radical (unpaired) electrons. The predicted octanol–water partition coefficient (Wildman–Crippen LogP) is 1.42. The second-order valence-electron chi connectivity index (χ2n) is 5.56. The van der Waals surface area contributed by atoms with E-state index in [2.05, 4.69) is 37.5 Å². The standard InChI is InChI=1S/C13H28N2O/c1-11(2)15(12(3)4)8-7-14-6-5-13(9-14)10-16/h11-13,16H,5-10H2,1-4H3. The fourth-order valence-corrected chi connectivity index (χ4v) is 2.63. The van der Waals surface area contributed by atoms with Crippen LogP contribution in [0.25, 0.3) is 0 Å². The van der Waals surface area contributed by atoms with Crippen molar-refractivity contribution in [1.29, 1.82) is 0 Å². The van der Waals surface area contributed by atoms with Crippen molar-refractivity contribution >= 4 is 0 Å². The van der Waals surface area contributed by atoms with Crippen LogP contribution in [0.3, 0.4) is 0 Å². The summed E-state index contributed by atoms with van der Waals surface area (Å²) in [4.78, 5) is 5.02. The zero-order valence-corrected chi connectivity index (χ0v) is 11.3. The molecule has 1 unspecified atom stereocenters. The van der Waals surface area contributed by atoms with Gasteiger partial charge in [0.1, 0.15) is 0 Å². The minimum absolute atomic E-state index is 0.356. The van der Waals surface area contributed by atoms with Gasteiger partial charge in [-0.1, -0.05) is 0 Å². The lowest BCUT2D eigenvalue weighted by molar-refractivity contribution is 0.148. The molecule has 0 aliphatic carbocycles. The van der Waals surface area contributed by atoms with Gasteiger partial charge in [0.2, 0.25) is 0 Å². The summed E-state index contributed by atoms with van der Waals surface area (Å²) in [6.45, 7) is 14.0. The van der Waals surface area contributed by atoms with Gasteiger partial charge in [0, 0.05) is 38.3 Å². The SMILES string of the molecule is CC(C)N(CCN1CCC(CO)C1)C(C)C. The highest BCUT2D eigenvalue weighted by atomic mass is 16.3. The molecule has 1 saturated heterocycles. The van der Waals surface area contributed by atoms with Crippen LogP contribution in [0.15, 0.2) is 0 Å². The first-order valence-corrected chi connectivity index (χ1v) is 6.63. The molecule has 1 rings (SSSR count). The third kappa shape index (κ3) is 4.04. The minimum Gasteiger partial charge on any atom is -0.396 e. The number of aliphatic hydroxyl groups is 1. The normalized spacial score (nSPS) is 22.9. The van der Waals surface area contributed by atoms with E-state index in [4.69, 9.17) is 5.11 Å². The molecule has 1 aliphatic heterocycles. The first-order chi connectivity index (χ1) is 7.54. The van der Waals surface area contributed by atoms with Crippen molar-refractivity contribution in [3.05, 3.63) is 0 Å². The zero-order chi connectivity index (χ0) is 12.1. The molecule has 0 aromatic heterocycles. The van der Waals surface area contributed by atoms with Crippen LogP contribution in [0.1, 0.15) is 34.1 Å². The quantitative estimate of drug-likeness (QED) is 0.745. The number of likely N-dealkylation sites (tertiary alicyclic amines) is 1. The Morgan fingerprint density at radius 1 is 1.25 bits per heavy atom. The number of hydrogen-bond donors (Lipinski definition) is 1. The van der Waals surface area contributed by atoms with Crippen LogP contribution in [0, 0.1) is 5.92 Å². The number of nitrogens with zero attached hydrogens (tertiary/aromatic N) is 2. The fourth-order valence-electron chi connectivity index (χ4n) is 2.63. The molecule has 96 valence electrons. The van der Waals surface area contributed by atoms with Gasteiger partial charge in [-0.15, -0.1) is 0 Å². The van der Waals surface area contributed by atoms with Crippen LogP contribution in [0.4, 0.5) is 0 Å². The molecule has 1 fully saturated rings. The van der Waals surface area contributed by atoms with Crippen LogP contribution in [0.5, 0.6) is 0 Å². The maximum atomic E-state index is 9.10. The summed E-state index contributed by atoms with van der Waals surface area (Å²) in [6.07, 6.45) is 1.17. The average molecular weight is 228 g/mol. The number of hydrogen-bond acceptors (Lipinski definition) is 3. The Bertz CT molecular complexity index is 186. The average Bonchev–Trinajstić information content (AvgIpc) is 2.65. The van der Waals surface area contributed by atoms with Crippen LogP contribution in [0.2, 0.25) is 0 Å². The van der Waals surface area contributed by atoms with Crippen LogP contribution in [-0.2, 0) is 0 Å². The third-order valence-corrected chi connectivity index (χ3v) is 3.63. The summed E-state index contributed by atoms with van der Waals surface area (Å²) in [5.41, 5.74) is 0. The second kappa shape index (κ2) is 6.58. The first kappa shape index (κ1) is 13.9. The van der Waals surface area contributed by atoms with E-state index in [-0.39, 0.29) is 0 Å². The summed E-state index contributed by atoms with van der Waals surface area (Å²) in [7, 11) is 0. The lowest BCUT2D eigenvalue weighted by Gasteiger charge is -2.32. The molecular formula is C13H28N2O. The van der Waals surface area contributed by atoms with E-state index in [0.717, 1.165) is 26.2 Å². The summed E-state index contributed by atoms with van der Waals surface area (Å²) in [6, 6.07) is 1.24. The second-order valence-corrected chi connectivity index (χ2v) is 5.56. The third-order valence-electron chi connectivity index (χ3n) is 3.63. The minimum atomic E-state index is 0.356. The topological polar surface area (TPSA) is 26.7 Å². The van der Waals surface area contributed by atoms with Gasteiger partial charge in [0.25, 0.3) is 0 Å². The van der Waals surface area contributed by atoms with E-state index in [0.29, 0.717) is 24.6 Å². The van der Waals surface area contributed by atoms with Gasteiger partial charge in [0.05, 0.1) is 0 Å². The molecule has 1 atom stereocenters. The van der Waals surface area contributed by atoms with Crippen molar-refractivity contribution < 1.29 is 5.11 Å². The molecule has 1 N–H and O–H groups in total.